The van der Waals surface area contributed by atoms with E-state index in [2.05, 4.69) is 0 Å². The second kappa shape index (κ2) is 5.92. The van der Waals surface area contributed by atoms with Gasteiger partial charge in [-0.1, -0.05) is 30.3 Å². The van der Waals surface area contributed by atoms with E-state index in [1.54, 1.807) is 0 Å². The van der Waals surface area contributed by atoms with Gasteiger partial charge >= 0.3 is 6.18 Å². The van der Waals surface area contributed by atoms with Gasteiger partial charge in [-0.25, -0.2) is 0 Å². The molecule has 2 rings (SSSR count). The first-order chi connectivity index (χ1) is 9.02. The maximum atomic E-state index is 13.0. The smallest absolute Gasteiger partial charge is 0.330 e. The molecule has 5 heteroatoms. The largest absolute Gasteiger partial charge is 0.393 e. The molecular weight excluding hydrogens is 253 g/mol. The van der Waals surface area contributed by atoms with Gasteiger partial charge in [0.25, 0.3) is 0 Å². The van der Waals surface area contributed by atoms with Gasteiger partial charge in [-0.3, -0.25) is 4.90 Å². The first-order valence-electron chi connectivity index (χ1n) is 6.57. The third-order valence-electron chi connectivity index (χ3n) is 3.77. The monoisotopic (exact) mass is 272 g/mol. The summed E-state index contributed by atoms with van der Waals surface area (Å²) in [5.41, 5.74) is 6.52. The highest BCUT2D eigenvalue weighted by atomic mass is 19.4. The highest BCUT2D eigenvalue weighted by molar-refractivity contribution is 5.15. The molecule has 2 nitrogen and oxygen atoms in total. The number of nitrogens with two attached hydrogens (primary N) is 1. The van der Waals surface area contributed by atoms with E-state index in [1.807, 2.05) is 35.2 Å². The fraction of sp³-hybridized carbons (Fsp3) is 0.571. The Morgan fingerprint density at radius 3 is 2.47 bits per heavy atom. The van der Waals surface area contributed by atoms with E-state index in [0.29, 0.717) is 26.1 Å². The third-order valence-corrected chi connectivity index (χ3v) is 3.77. The molecule has 0 radical (unpaired) electrons. The number of alkyl halides is 3. The van der Waals surface area contributed by atoms with Gasteiger partial charge in [0, 0.05) is 12.6 Å². The quantitative estimate of drug-likeness (QED) is 0.913. The summed E-state index contributed by atoms with van der Waals surface area (Å²) >= 11 is 0. The number of benzene rings is 1. The first kappa shape index (κ1) is 14.3. The Morgan fingerprint density at radius 1 is 1.21 bits per heavy atom. The molecule has 1 saturated heterocycles. The maximum Gasteiger partial charge on any atom is 0.393 e. The highest BCUT2D eigenvalue weighted by Crippen LogP contribution is 2.39. The van der Waals surface area contributed by atoms with Gasteiger partial charge in [0.05, 0.1) is 5.92 Å². The minimum Gasteiger partial charge on any atom is -0.330 e. The first-order valence-corrected chi connectivity index (χ1v) is 6.57. The molecule has 2 unspecified atom stereocenters. The Kier molecular flexibility index (Phi) is 4.47. The second-order valence-electron chi connectivity index (χ2n) is 5.04. The van der Waals surface area contributed by atoms with Gasteiger partial charge in [0.2, 0.25) is 0 Å². The predicted molar refractivity (Wildman–Crippen MR) is 68.5 cm³/mol. The van der Waals surface area contributed by atoms with Crippen LogP contribution in [0.4, 0.5) is 13.2 Å². The lowest BCUT2D eigenvalue weighted by molar-refractivity contribution is -0.180. The van der Waals surface area contributed by atoms with E-state index in [4.69, 9.17) is 5.73 Å². The number of hydrogen-bond donors (Lipinski definition) is 1. The summed E-state index contributed by atoms with van der Waals surface area (Å²) in [4.78, 5) is 1.92. The Bertz CT molecular complexity index is 391. The molecule has 19 heavy (non-hydrogen) atoms. The summed E-state index contributed by atoms with van der Waals surface area (Å²) in [6.07, 6.45) is -3.54. The molecule has 1 aliphatic heterocycles. The number of likely N-dealkylation sites (tertiary alicyclic amines) is 1. The Balaban J connectivity index is 2.08. The maximum absolute atomic E-state index is 13.0. The van der Waals surface area contributed by atoms with E-state index in [-0.39, 0.29) is 6.42 Å². The molecule has 1 aliphatic rings. The standard InChI is InChI=1S/C14H19F3N2/c15-14(16,17)12-7-9-19(13(12)6-8-18)10-11-4-2-1-3-5-11/h1-5,12-13H,6-10,18H2. The molecule has 1 aromatic rings. The van der Waals surface area contributed by atoms with Crippen LogP contribution in [0.2, 0.25) is 0 Å². The van der Waals surface area contributed by atoms with Crippen molar-refractivity contribution < 1.29 is 13.2 Å². The molecular formula is C14H19F3N2. The zero-order valence-corrected chi connectivity index (χ0v) is 10.7. The summed E-state index contributed by atoms with van der Waals surface area (Å²) < 4.78 is 38.9. The van der Waals surface area contributed by atoms with Crippen molar-refractivity contribution in [2.75, 3.05) is 13.1 Å². The molecule has 0 amide bonds. The van der Waals surface area contributed by atoms with Gasteiger partial charge in [-0.2, -0.15) is 13.2 Å². The molecule has 0 aliphatic carbocycles. The third kappa shape index (κ3) is 3.48. The van der Waals surface area contributed by atoms with Crippen LogP contribution in [0.25, 0.3) is 0 Å². The lowest BCUT2D eigenvalue weighted by Gasteiger charge is -2.29. The summed E-state index contributed by atoms with van der Waals surface area (Å²) in [6, 6.07) is 9.13. The van der Waals surface area contributed by atoms with Crippen molar-refractivity contribution in [2.24, 2.45) is 11.7 Å². The fourth-order valence-electron chi connectivity index (χ4n) is 2.87. The van der Waals surface area contributed by atoms with Crippen molar-refractivity contribution in [1.82, 2.24) is 4.90 Å². The Hall–Kier alpha value is -1.07. The number of nitrogens with zero attached hydrogens (tertiary/aromatic N) is 1. The average molecular weight is 272 g/mol. The topological polar surface area (TPSA) is 29.3 Å². The lowest BCUT2D eigenvalue weighted by atomic mass is 9.97. The van der Waals surface area contributed by atoms with Gasteiger partial charge < -0.3 is 5.73 Å². The van der Waals surface area contributed by atoms with E-state index >= 15 is 0 Å². The molecule has 0 bridgehead atoms. The second-order valence-corrected chi connectivity index (χ2v) is 5.04. The van der Waals surface area contributed by atoms with Crippen LogP contribution in [0, 0.1) is 5.92 Å². The van der Waals surface area contributed by atoms with E-state index in [0.717, 1.165) is 5.56 Å². The van der Waals surface area contributed by atoms with Crippen LogP contribution >= 0.6 is 0 Å². The van der Waals surface area contributed by atoms with Crippen molar-refractivity contribution in [2.45, 2.75) is 31.6 Å². The van der Waals surface area contributed by atoms with Crippen LogP contribution in [0.3, 0.4) is 0 Å². The van der Waals surface area contributed by atoms with Gasteiger partial charge in [-0.15, -0.1) is 0 Å². The molecule has 106 valence electrons. The molecule has 1 heterocycles. The minimum atomic E-state index is -4.12. The van der Waals surface area contributed by atoms with Gasteiger partial charge in [0.15, 0.2) is 0 Å². The number of halogens is 3. The van der Waals surface area contributed by atoms with Crippen LogP contribution in [0.15, 0.2) is 30.3 Å². The van der Waals surface area contributed by atoms with Gasteiger partial charge in [0.1, 0.15) is 0 Å². The fourth-order valence-corrected chi connectivity index (χ4v) is 2.87. The molecule has 2 atom stereocenters. The van der Waals surface area contributed by atoms with Crippen LogP contribution in [0.1, 0.15) is 18.4 Å². The summed E-state index contributed by atoms with van der Waals surface area (Å²) in [7, 11) is 0. The molecule has 0 saturated carbocycles. The van der Waals surface area contributed by atoms with Crippen LogP contribution < -0.4 is 5.73 Å². The zero-order valence-electron chi connectivity index (χ0n) is 10.7. The summed E-state index contributed by atoms with van der Waals surface area (Å²) in [5, 5.41) is 0. The normalized spacial score (nSPS) is 24.8. The molecule has 1 aromatic carbocycles. The molecule has 0 spiro atoms. The van der Waals surface area contributed by atoms with Crippen molar-refractivity contribution in [3.8, 4) is 0 Å². The van der Waals surface area contributed by atoms with Crippen molar-refractivity contribution in [3.63, 3.8) is 0 Å². The number of hydrogen-bond acceptors (Lipinski definition) is 2. The zero-order chi connectivity index (χ0) is 13.9. The highest BCUT2D eigenvalue weighted by Gasteiger charge is 2.49. The van der Waals surface area contributed by atoms with Gasteiger partial charge in [-0.05, 0) is 31.5 Å². The lowest BCUT2D eigenvalue weighted by Crippen LogP contribution is -2.39. The molecule has 2 N–H and O–H groups in total. The van der Waals surface area contributed by atoms with Crippen molar-refractivity contribution in [1.29, 1.82) is 0 Å². The number of rotatable bonds is 4. The van der Waals surface area contributed by atoms with Crippen molar-refractivity contribution in [3.05, 3.63) is 35.9 Å². The Morgan fingerprint density at radius 2 is 1.89 bits per heavy atom. The predicted octanol–water partition coefficient (Wildman–Crippen LogP) is 2.79. The van der Waals surface area contributed by atoms with E-state index in [9.17, 15) is 13.2 Å². The minimum absolute atomic E-state index is 0.182. The van der Waals surface area contributed by atoms with Crippen molar-refractivity contribution >= 4 is 0 Å². The van der Waals surface area contributed by atoms with Crippen LogP contribution in [-0.4, -0.2) is 30.2 Å². The van der Waals surface area contributed by atoms with Crippen LogP contribution in [0.5, 0.6) is 0 Å². The summed E-state index contributed by atoms with van der Waals surface area (Å²) in [5.74, 6) is -1.24. The summed E-state index contributed by atoms with van der Waals surface area (Å²) in [6.45, 7) is 1.35. The molecule has 1 fully saturated rings. The molecule has 0 aromatic heterocycles. The average Bonchev–Trinajstić information content (AvgIpc) is 2.74. The Labute approximate surface area is 111 Å². The van der Waals surface area contributed by atoms with E-state index in [1.165, 1.54) is 0 Å². The van der Waals surface area contributed by atoms with E-state index < -0.39 is 18.1 Å². The SMILES string of the molecule is NCCC1C(C(F)(F)F)CCN1Cc1ccccc1. The van der Waals surface area contributed by atoms with Crippen LogP contribution in [-0.2, 0) is 6.54 Å².